The highest BCUT2D eigenvalue weighted by atomic mass is 79.9. The molecule has 0 aromatic heterocycles. The Morgan fingerprint density at radius 2 is 2.00 bits per heavy atom. The van der Waals surface area contributed by atoms with Crippen LogP contribution in [0, 0.1) is 11.3 Å². The van der Waals surface area contributed by atoms with Gasteiger partial charge in [-0.1, -0.05) is 23.7 Å². The molecule has 0 unspecified atom stereocenters. The zero-order valence-corrected chi connectivity index (χ0v) is 14.1. The summed E-state index contributed by atoms with van der Waals surface area (Å²) < 4.78 is 0.815. The van der Waals surface area contributed by atoms with Crippen molar-refractivity contribution in [3.05, 3.63) is 63.7 Å². The van der Waals surface area contributed by atoms with E-state index in [4.69, 9.17) is 22.6 Å². The van der Waals surface area contributed by atoms with Gasteiger partial charge in [0.2, 0.25) is 0 Å². The van der Waals surface area contributed by atoms with Gasteiger partial charge in [0.1, 0.15) is 11.6 Å². The number of nitrogen functional groups attached to an aromatic ring is 1. The van der Waals surface area contributed by atoms with Crippen LogP contribution < -0.4 is 16.4 Å². The van der Waals surface area contributed by atoms with Crippen LogP contribution in [0.2, 0.25) is 5.02 Å². The van der Waals surface area contributed by atoms with Crippen molar-refractivity contribution in [2.24, 2.45) is 0 Å². The molecule has 0 saturated heterocycles. The molecule has 0 spiro atoms. The summed E-state index contributed by atoms with van der Waals surface area (Å²) >= 11 is 9.37. The number of amides is 1. The molecule has 0 radical (unpaired) electrons. The van der Waals surface area contributed by atoms with Crippen LogP contribution in [0.3, 0.4) is 0 Å². The predicted octanol–water partition coefficient (Wildman–Crippen LogP) is 4.14. The third-order valence-corrected chi connectivity index (χ3v) is 3.86. The first-order chi connectivity index (χ1) is 11.0. The van der Waals surface area contributed by atoms with E-state index >= 15 is 0 Å². The fourth-order valence-electron chi connectivity index (χ4n) is 1.70. The number of rotatable bonds is 4. The molecule has 0 fully saturated rings. The number of nitrogens with one attached hydrogen (secondary N) is 2. The molecule has 2 aromatic rings. The van der Waals surface area contributed by atoms with E-state index in [0.29, 0.717) is 16.4 Å². The van der Waals surface area contributed by atoms with Gasteiger partial charge in [-0.2, -0.15) is 5.26 Å². The highest BCUT2D eigenvalue weighted by Gasteiger charge is 2.11. The summed E-state index contributed by atoms with van der Waals surface area (Å²) in [5.41, 5.74) is 7.11. The molecule has 2 aromatic carbocycles. The number of carbonyl (C=O) groups excluding carboxylic acids is 1. The Morgan fingerprint density at radius 3 is 2.65 bits per heavy atom. The van der Waals surface area contributed by atoms with E-state index in [2.05, 4.69) is 26.6 Å². The Kier molecular flexibility index (Phi) is 5.63. The topological polar surface area (TPSA) is 90.9 Å². The van der Waals surface area contributed by atoms with Crippen molar-refractivity contribution in [2.75, 3.05) is 16.4 Å². The van der Waals surface area contributed by atoms with Crippen LogP contribution in [0.15, 0.2) is 58.7 Å². The van der Waals surface area contributed by atoms with Crippen LogP contribution in [0.1, 0.15) is 0 Å². The van der Waals surface area contributed by atoms with Gasteiger partial charge >= 0.3 is 0 Å². The summed E-state index contributed by atoms with van der Waals surface area (Å²) in [5, 5.41) is 14.9. The van der Waals surface area contributed by atoms with Crippen LogP contribution >= 0.6 is 27.5 Å². The Balaban J connectivity index is 2.14. The Bertz CT molecular complexity index is 814. The molecule has 116 valence electrons. The minimum atomic E-state index is -0.571. The first-order valence-corrected chi connectivity index (χ1v) is 7.66. The summed E-state index contributed by atoms with van der Waals surface area (Å²) in [6.07, 6.45) is 1.33. The van der Waals surface area contributed by atoms with Gasteiger partial charge in [-0.3, -0.25) is 4.79 Å². The summed E-state index contributed by atoms with van der Waals surface area (Å²) in [7, 11) is 0. The summed E-state index contributed by atoms with van der Waals surface area (Å²) in [6.45, 7) is 0. The average Bonchev–Trinajstić information content (AvgIpc) is 2.52. The summed E-state index contributed by atoms with van der Waals surface area (Å²) in [5.74, 6) is -0.571. The maximum atomic E-state index is 12.1. The smallest absolute Gasteiger partial charge is 0.267 e. The van der Waals surface area contributed by atoms with E-state index in [1.165, 1.54) is 12.3 Å². The minimum absolute atomic E-state index is 0.0892. The SMILES string of the molecule is N#C/C(=C/Nc1ccccc1Br)C(=O)Nc1ccc(N)cc1Cl. The number of hydrogen-bond donors (Lipinski definition) is 3. The number of para-hydroxylation sites is 1. The lowest BCUT2D eigenvalue weighted by Gasteiger charge is -2.08. The maximum absolute atomic E-state index is 12.1. The molecule has 1 amide bonds. The van der Waals surface area contributed by atoms with Crippen molar-refractivity contribution in [3.63, 3.8) is 0 Å². The molecular weight excluding hydrogens is 380 g/mol. The van der Waals surface area contributed by atoms with Crippen molar-refractivity contribution >= 4 is 50.5 Å². The standard InChI is InChI=1S/C16H12BrClN4O/c17-12-3-1-2-4-14(12)21-9-10(8-19)16(23)22-15-6-5-11(20)7-13(15)18/h1-7,9,21H,20H2,(H,22,23)/b10-9-. The lowest BCUT2D eigenvalue weighted by Crippen LogP contribution is -2.15. The third kappa shape index (κ3) is 4.49. The van der Waals surface area contributed by atoms with Crippen molar-refractivity contribution in [1.29, 1.82) is 5.26 Å². The molecule has 0 bridgehead atoms. The summed E-state index contributed by atoms with van der Waals surface area (Å²) in [6, 6.07) is 13.9. The molecule has 23 heavy (non-hydrogen) atoms. The Morgan fingerprint density at radius 1 is 1.26 bits per heavy atom. The molecule has 0 aliphatic carbocycles. The minimum Gasteiger partial charge on any atom is -0.399 e. The number of nitrogens with two attached hydrogens (primary N) is 1. The molecule has 5 nitrogen and oxygen atoms in total. The number of nitriles is 1. The second-order valence-corrected chi connectivity index (χ2v) is 5.75. The van der Waals surface area contributed by atoms with Gasteiger partial charge < -0.3 is 16.4 Å². The van der Waals surface area contributed by atoms with Crippen LogP contribution in [-0.2, 0) is 4.79 Å². The number of carbonyl (C=O) groups is 1. The quantitative estimate of drug-likeness (QED) is 0.415. The van der Waals surface area contributed by atoms with E-state index in [0.717, 1.165) is 10.2 Å². The number of halogens is 2. The van der Waals surface area contributed by atoms with E-state index in [9.17, 15) is 4.79 Å². The highest BCUT2D eigenvalue weighted by Crippen LogP contribution is 2.25. The van der Waals surface area contributed by atoms with Gasteiger partial charge in [0, 0.05) is 16.4 Å². The van der Waals surface area contributed by atoms with E-state index in [-0.39, 0.29) is 5.57 Å². The van der Waals surface area contributed by atoms with Crippen LogP contribution in [0.4, 0.5) is 17.1 Å². The zero-order valence-electron chi connectivity index (χ0n) is 11.8. The Hall–Kier alpha value is -2.49. The van der Waals surface area contributed by atoms with Crippen molar-refractivity contribution in [3.8, 4) is 6.07 Å². The van der Waals surface area contributed by atoms with Crippen molar-refractivity contribution in [1.82, 2.24) is 0 Å². The third-order valence-electron chi connectivity index (χ3n) is 2.85. The van der Waals surface area contributed by atoms with Gasteiger partial charge in [0.05, 0.1) is 16.4 Å². The Labute approximate surface area is 146 Å². The van der Waals surface area contributed by atoms with Crippen molar-refractivity contribution < 1.29 is 4.79 Å². The van der Waals surface area contributed by atoms with Gasteiger partial charge in [-0.05, 0) is 46.3 Å². The van der Waals surface area contributed by atoms with E-state index in [1.807, 2.05) is 30.3 Å². The predicted molar refractivity (Wildman–Crippen MR) is 96.0 cm³/mol. The molecule has 4 N–H and O–H groups in total. The molecule has 0 heterocycles. The molecule has 7 heteroatoms. The number of benzene rings is 2. The van der Waals surface area contributed by atoms with Crippen LogP contribution in [-0.4, -0.2) is 5.91 Å². The second-order valence-electron chi connectivity index (χ2n) is 4.49. The van der Waals surface area contributed by atoms with Crippen LogP contribution in [0.5, 0.6) is 0 Å². The fraction of sp³-hybridized carbons (Fsp3) is 0. The molecule has 0 aliphatic rings. The van der Waals surface area contributed by atoms with Gasteiger partial charge in [-0.25, -0.2) is 0 Å². The monoisotopic (exact) mass is 390 g/mol. The molecule has 2 rings (SSSR count). The first-order valence-electron chi connectivity index (χ1n) is 6.49. The number of hydrogen-bond acceptors (Lipinski definition) is 4. The molecule has 0 atom stereocenters. The normalized spacial score (nSPS) is 10.7. The fourth-order valence-corrected chi connectivity index (χ4v) is 2.33. The van der Waals surface area contributed by atoms with Gasteiger partial charge in [0.25, 0.3) is 5.91 Å². The maximum Gasteiger partial charge on any atom is 0.267 e. The molecular formula is C16H12BrClN4O. The largest absolute Gasteiger partial charge is 0.399 e. The molecule has 0 aliphatic heterocycles. The second kappa shape index (κ2) is 7.68. The van der Waals surface area contributed by atoms with Crippen LogP contribution in [0.25, 0.3) is 0 Å². The first kappa shape index (κ1) is 16.9. The number of anilines is 3. The van der Waals surface area contributed by atoms with Crippen molar-refractivity contribution in [2.45, 2.75) is 0 Å². The zero-order chi connectivity index (χ0) is 16.8. The summed E-state index contributed by atoms with van der Waals surface area (Å²) in [4.78, 5) is 12.1. The highest BCUT2D eigenvalue weighted by molar-refractivity contribution is 9.10. The lowest BCUT2D eigenvalue weighted by molar-refractivity contribution is -0.112. The average molecular weight is 392 g/mol. The molecule has 0 saturated carbocycles. The number of nitrogens with zero attached hydrogens (tertiary/aromatic N) is 1. The van der Waals surface area contributed by atoms with Gasteiger partial charge in [-0.15, -0.1) is 0 Å². The van der Waals surface area contributed by atoms with E-state index < -0.39 is 5.91 Å². The van der Waals surface area contributed by atoms with E-state index in [1.54, 1.807) is 12.1 Å². The van der Waals surface area contributed by atoms with Gasteiger partial charge in [0.15, 0.2) is 0 Å². The lowest BCUT2D eigenvalue weighted by atomic mass is 10.2.